The largest absolute Gasteiger partial charge is 0.377 e. The smallest absolute Gasteiger partial charge is 0.245 e. The molecule has 6 nitrogen and oxygen atoms in total. The van der Waals surface area contributed by atoms with Crippen LogP contribution < -0.4 is 10.6 Å². The number of nitrogens with one attached hydrogen (secondary N) is 2. The minimum absolute atomic E-state index is 0.0525. The van der Waals surface area contributed by atoms with E-state index >= 15 is 0 Å². The molecule has 2 N–H and O–H groups in total. The van der Waals surface area contributed by atoms with Gasteiger partial charge in [0.2, 0.25) is 11.8 Å². The van der Waals surface area contributed by atoms with Crippen molar-refractivity contribution in [2.24, 2.45) is 0 Å². The van der Waals surface area contributed by atoms with E-state index in [0.717, 1.165) is 32.2 Å². The molecular formula is C13H21N3O3. The molecule has 2 atom stereocenters. The third kappa shape index (κ3) is 2.90. The van der Waals surface area contributed by atoms with Gasteiger partial charge in [0.1, 0.15) is 6.04 Å². The second kappa shape index (κ2) is 5.46. The molecule has 0 bridgehead atoms. The lowest BCUT2D eigenvalue weighted by Gasteiger charge is -2.36. The average Bonchev–Trinajstić information content (AvgIpc) is 3.08. The number of ether oxygens (including phenoxy) is 1. The van der Waals surface area contributed by atoms with E-state index in [9.17, 15) is 9.59 Å². The maximum atomic E-state index is 12.4. The zero-order valence-electron chi connectivity index (χ0n) is 11.1. The number of hydrogen-bond donors (Lipinski definition) is 2. The van der Waals surface area contributed by atoms with Crippen LogP contribution in [0, 0.1) is 0 Å². The Labute approximate surface area is 112 Å². The summed E-state index contributed by atoms with van der Waals surface area (Å²) in [6.07, 6.45) is 4.00. The van der Waals surface area contributed by atoms with Gasteiger partial charge in [-0.25, -0.2) is 0 Å². The van der Waals surface area contributed by atoms with Crippen LogP contribution in [0.15, 0.2) is 0 Å². The molecule has 0 aromatic heterocycles. The number of rotatable bonds is 3. The first-order chi connectivity index (χ1) is 9.25. The van der Waals surface area contributed by atoms with Crippen molar-refractivity contribution in [2.45, 2.75) is 43.8 Å². The molecular weight excluding hydrogens is 246 g/mol. The molecule has 0 radical (unpaired) electrons. The summed E-state index contributed by atoms with van der Waals surface area (Å²) >= 11 is 0. The molecule has 2 saturated heterocycles. The van der Waals surface area contributed by atoms with Crippen molar-refractivity contribution in [1.29, 1.82) is 0 Å². The maximum Gasteiger partial charge on any atom is 0.245 e. The number of morpholine rings is 1. The molecule has 2 aliphatic heterocycles. The van der Waals surface area contributed by atoms with Crippen LogP contribution in [0.3, 0.4) is 0 Å². The molecule has 6 heteroatoms. The first kappa shape index (κ1) is 12.9. The van der Waals surface area contributed by atoms with Crippen molar-refractivity contribution in [2.75, 3.05) is 26.3 Å². The van der Waals surface area contributed by atoms with E-state index in [1.165, 1.54) is 0 Å². The van der Waals surface area contributed by atoms with Crippen LogP contribution >= 0.6 is 0 Å². The van der Waals surface area contributed by atoms with Crippen molar-refractivity contribution in [3.05, 3.63) is 0 Å². The van der Waals surface area contributed by atoms with E-state index in [0.29, 0.717) is 25.8 Å². The van der Waals surface area contributed by atoms with E-state index in [1.54, 1.807) is 4.90 Å². The summed E-state index contributed by atoms with van der Waals surface area (Å²) < 4.78 is 5.37. The predicted octanol–water partition coefficient (Wildman–Crippen LogP) is -0.756. The van der Waals surface area contributed by atoms with E-state index in [1.807, 2.05) is 0 Å². The van der Waals surface area contributed by atoms with Crippen LogP contribution in [0.5, 0.6) is 0 Å². The molecule has 2 heterocycles. The summed E-state index contributed by atoms with van der Waals surface area (Å²) in [6, 6.07) is -0.255. The Hall–Kier alpha value is -1.14. The normalized spacial score (nSPS) is 31.3. The molecule has 0 spiro atoms. The van der Waals surface area contributed by atoms with Gasteiger partial charge >= 0.3 is 0 Å². The lowest BCUT2D eigenvalue weighted by atomic mass is 10.1. The van der Waals surface area contributed by atoms with E-state index < -0.39 is 6.04 Å². The van der Waals surface area contributed by atoms with Gasteiger partial charge in [-0.05, 0) is 32.2 Å². The van der Waals surface area contributed by atoms with Gasteiger partial charge in [0, 0.05) is 12.6 Å². The summed E-state index contributed by atoms with van der Waals surface area (Å²) in [5, 5.41) is 6.17. The van der Waals surface area contributed by atoms with Crippen LogP contribution in [-0.4, -0.2) is 61.1 Å². The maximum absolute atomic E-state index is 12.4. The first-order valence-corrected chi connectivity index (χ1v) is 7.17. The fourth-order valence-corrected chi connectivity index (χ4v) is 2.71. The third-order valence-corrected chi connectivity index (χ3v) is 4.00. The molecule has 0 aromatic rings. The van der Waals surface area contributed by atoms with Crippen molar-refractivity contribution in [3.63, 3.8) is 0 Å². The lowest BCUT2D eigenvalue weighted by Crippen LogP contribution is -2.59. The predicted molar refractivity (Wildman–Crippen MR) is 68.5 cm³/mol. The Bertz CT molecular complexity index is 364. The van der Waals surface area contributed by atoms with E-state index in [2.05, 4.69) is 10.6 Å². The van der Waals surface area contributed by atoms with E-state index in [4.69, 9.17) is 4.74 Å². The highest BCUT2D eigenvalue weighted by atomic mass is 16.5. The fourth-order valence-electron chi connectivity index (χ4n) is 2.71. The molecule has 3 fully saturated rings. The average molecular weight is 267 g/mol. The van der Waals surface area contributed by atoms with Crippen LogP contribution in [0.2, 0.25) is 0 Å². The minimum atomic E-state index is -0.454. The summed E-state index contributed by atoms with van der Waals surface area (Å²) in [7, 11) is 0. The summed E-state index contributed by atoms with van der Waals surface area (Å²) in [5.41, 5.74) is 0. The second-order valence-corrected chi connectivity index (χ2v) is 5.55. The van der Waals surface area contributed by atoms with Gasteiger partial charge in [0.25, 0.3) is 0 Å². The fraction of sp³-hybridized carbons (Fsp3) is 0.846. The molecule has 0 aromatic carbocycles. The zero-order chi connectivity index (χ0) is 13.2. The highest BCUT2D eigenvalue weighted by molar-refractivity contribution is 5.90. The summed E-state index contributed by atoms with van der Waals surface area (Å²) in [4.78, 5) is 26.3. The molecule has 3 aliphatic rings. The van der Waals surface area contributed by atoms with Crippen LogP contribution in [0.25, 0.3) is 0 Å². The highest BCUT2D eigenvalue weighted by Crippen LogP contribution is 2.20. The van der Waals surface area contributed by atoms with E-state index in [-0.39, 0.29) is 17.9 Å². The topological polar surface area (TPSA) is 70.7 Å². The number of hydrogen-bond acceptors (Lipinski definition) is 4. The number of amides is 2. The molecule has 3 rings (SSSR count). The Morgan fingerprint density at radius 2 is 2.11 bits per heavy atom. The summed E-state index contributed by atoms with van der Waals surface area (Å²) in [5.74, 6) is -0.00899. The SMILES string of the molecule is O=C(NC1CC1)C1COCCN1C(=O)[C@@H]1CCCN1. The van der Waals surface area contributed by atoms with Crippen molar-refractivity contribution in [3.8, 4) is 0 Å². The minimum Gasteiger partial charge on any atom is -0.377 e. The Balaban J connectivity index is 1.65. The molecule has 1 saturated carbocycles. The second-order valence-electron chi connectivity index (χ2n) is 5.55. The van der Waals surface area contributed by atoms with Gasteiger partial charge in [-0.2, -0.15) is 0 Å². The van der Waals surface area contributed by atoms with Crippen LogP contribution in [0.4, 0.5) is 0 Å². The highest BCUT2D eigenvalue weighted by Gasteiger charge is 2.38. The van der Waals surface area contributed by atoms with Gasteiger partial charge in [-0.15, -0.1) is 0 Å². The van der Waals surface area contributed by atoms with Gasteiger partial charge in [-0.1, -0.05) is 0 Å². The Morgan fingerprint density at radius 1 is 1.26 bits per heavy atom. The van der Waals surface area contributed by atoms with Crippen LogP contribution in [0.1, 0.15) is 25.7 Å². The summed E-state index contributed by atoms with van der Waals surface area (Å²) in [6.45, 7) is 2.24. The third-order valence-electron chi connectivity index (χ3n) is 4.00. The van der Waals surface area contributed by atoms with Crippen molar-refractivity contribution in [1.82, 2.24) is 15.5 Å². The Morgan fingerprint density at radius 3 is 2.79 bits per heavy atom. The number of carbonyl (C=O) groups is 2. The number of nitrogens with zero attached hydrogens (tertiary/aromatic N) is 1. The van der Waals surface area contributed by atoms with Crippen molar-refractivity contribution >= 4 is 11.8 Å². The van der Waals surface area contributed by atoms with Crippen molar-refractivity contribution < 1.29 is 14.3 Å². The lowest BCUT2D eigenvalue weighted by molar-refractivity contribution is -0.149. The van der Waals surface area contributed by atoms with Gasteiger partial charge in [0.05, 0.1) is 19.3 Å². The molecule has 1 aliphatic carbocycles. The van der Waals surface area contributed by atoms with Gasteiger partial charge in [-0.3, -0.25) is 9.59 Å². The molecule has 106 valence electrons. The van der Waals surface area contributed by atoms with Gasteiger partial charge < -0.3 is 20.3 Å². The number of carbonyl (C=O) groups excluding carboxylic acids is 2. The first-order valence-electron chi connectivity index (χ1n) is 7.17. The zero-order valence-corrected chi connectivity index (χ0v) is 11.1. The molecule has 19 heavy (non-hydrogen) atoms. The monoisotopic (exact) mass is 267 g/mol. The quantitative estimate of drug-likeness (QED) is 0.705. The molecule has 2 amide bonds. The van der Waals surface area contributed by atoms with Gasteiger partial charge in [0.15, 0.2) is 0 Å². The standard InChI is InChI=1S/C13H21N3O3/c17-12(15-9-3-4-9)11-8-19-7-6-16(11)13(18)10-2-1-5-14-10/h9-11,14H,1-8H2,(H,15,17)/t10-,11?/m0/s1. The Kier molecular flexibility index (Phi) is 3.70. The molecule has 1 unspecified atom stereocenters. The van der Waals surface area contributed by atoms with Crippen LogP contribution in [-0.2, 0) is 14.3 Å².